The van der Waals surface area contributed by atoms with Crippen LogP contribution in [0.2, 0.25) is 0 Å². The minimum atomic E-state index is -0.0871. The number of rotatable bonds is 7. The Morgan fingerprint density at radius 2 is 2.20 bits per heavy atom. The summed E-state index contributed by atoms with van der Waals surface area (Å²) in [4.78, 5) is 11.5. The lowest BCUT2D eigenvalue weighted by molar-refractivity contribution is -0.123. The first kappa shape index (κ1) is 15.3. The van der Waals surface area contributed by atoms with Crippen LogP contribution in [0.4, 0.5) is 0 Å². The van der Waals surface area contributed by atoms with E-state index in [-0.39, 0.29) is 12.5 Å². The minimum Gasteiger partial charge on any atom is -0.483 e. The van der Waals surface area contributed by atoms with Crippen molar-refractivity contribution in [2.24, 2.45) is 0 Å². The molecule has 0 saturated heterocycles. The Kier molecular flexibility index (Phi) is 5.43. The van der Waals surface area contributed by atoms with Crippen LogP contribution in [0.5, 0.6) is 5.75 Å². The maximum absolute atomic E-state index is 11.5. The van der Waals surface area contributed by atoms with Crippen LogP contribution in [-0.2, 0) is 11.3 Å². The first-order valence-corrected chi connectivity index (χ1v) is 7.81. The average Bonchev–Trinajstić information content (AvgIpc) is 3.19. The van der Waals surface area contributed by atoms with Crippen molar-refractivity contribution >= 4 is 21.8 Å². The van der Waals surface area contributed by atoms with Crippen LogP contribution in [0.1, 0.15) is 30.9 Å². The van der Waals surface area contributed by atoms with Gasteiger partial charge in [0.2, 0.25) is 0 Å². The highest BCUT2D eigenvalue weighted by atomic mass is 79.9. The van der Waals surface area contributed by atoms with Crippen LogP contribution in [0.3, 0.4) is 0 Å². The monoisotopic (exact) mass is 340 g/mol. The molecule has 1 aromatic carbocycles. The fourth-order valence-corrected chi connectivity index (χ4v) is 2.68. The molecule has 0 spiro atoms. The van der Waals surface area contributed by atoms with Gasteiger partial charge in [0.25, 0.3) is 5.91 Å². The summed E-state index contributed by atoms with van der Waals surface area (Å²) < 4.78 is 6.75. The minimum absolute atomic E-state index is 0.0622. The average molecular weight is 341 g/mol. The van der Waals surface area contributed by atoms with Crippen LogP contribution in [0.15, 0.2) is 16.6 Å². The highest BCUT2D eigenvalue weighted by Gasteiger charge is 2.21. The molecule has 110 valence electrons. The van der Waals surface area contributed by atoms with Gasteiger partial charge in [-0.3, -0.25) is 4.79 Å². The van der Waals surface area contributed by atoms with Crippen molar-refractivity contribution in [3.63, 3.8) is 0 Å². The molecule has 1 aliphatic carbocycles. The van der Waals surface area contributed by atoms with E-state index in [1.807, 2.05) is 19.9 Å². The third-order valence-electron chi connectivity index (χ3n) is 3.20. The number of aryl methyl sites for hydroxylation is 1. The molecule has 0 atom stereocenters. The molecule has 1 saturated carbocycles. The summed E-state index contributed by atoms with van der Waals surface area (Å²) >= 11 is 3.51. The number of ether oxygens (including phenoxy) is 1. The second-order valence-corrected chi connectivity index (χ2v) is 6.02. The summed E-state index contributed by atoms with van der Waals surface area (Å²) in [6.45, 7) is 5.35. The molecule has 2 rings (SSSR count). The van der Waals surface area contributed by atoms with Gasteiger partial charge in [0, 0.05) is 29.2 Å². The molecule has 1 amide bonds. The molecule has 1 aliphatic rings. The fraction of sp³-hybridized carbons (Fsp3) is 0.533. The van der Waals surface area contributed by atoms with E-state index in [1.54, 1.807) is 0 Å². The van der Waals surface area contributed by atoms with E-state index in [0.29, 0.717) is 12.6 Å². The molecule has 0 bridgehead atoms. The van der Waals surface area contributed by atoms with E-state index < -0.39 is 0 Å². The van der Waals surface area contributed by atoms with Crippen LogP contribution in [0, 0.1) is 6.92 Å². The Morgan fingerprint density at radius 1 is 1.45 bits per heavy atom. The highest BCUT2D eigenvalue weighted by Crippen LogP contribution is 2.29. The summed E-state index contributed by atoms with van der Waals surface area (Å²) in [5.74, 6) is 0.725. The smallest absolute Gasteiger partial charge is 0.257 e. The third kappa shape index (κ3) is 4.49. The highest BCUT2D eigenvalue weighted by molar-refractivity contribution is 9.10. The number of hydrogen-bond donors (Lipinski definition) is 2. The van der Waals surface area contributed by atoms with Crippen molar-refractivity contribution in [2.75, 3.05) is 13.2 Å². The molecule has 2 N–H and O–H groups in total. The van der Waals surface area contributed by atoms with E-state index in [1.165, 1.54) is 12.8 Å². The zero-order valence-electron chi connectivity index (χ0n) is 12.0. The van der Waals surface area contributed by atoms with Gasteiger partial charge in [-0.1, -0.05) is 15.9 Å². The molecule has 0 radical (unpaired) electrons. The van der Waals surface area contributed by atoms with Gasteiger partial charge in [0.15, 0.2) is 6.61 Å². The lowest BCUT2D eigenvalue weighted by Crippen LogP contribution is -2.29. The fourth-order valence-electron chi connectivity index (χ4n) is 2.06. The van der Waals surface area contributed by atoms with Crippen molar-refractivity contribution in [1.29, 1.82) is 0 Å². The quantitative estimate of drug-likeness (QED) is 0.801. The number of benzene rings is 1. The zero-order valence-corrected chi connectivity index (χ0v) is 13.5. The first-order valence-electron chi connectivity index (χ1n) is 7.02. The Labute approximate surface area is 128 Å². The van der Waals surface area contributed by atoms with E-state index in [2.05, 4.69) is 32.6 Å². The number of carbonyl (C=O) groups excluding carboxylic acids is 1. The molecule has 0 aliphatic heterocycles. The van der Waals surface area contributed by atoms with Gasteiger partial charge >= 0.3 is 0 Å². The topological polar surface area (TPSA) is 50.4 Å². The Bertz CT molecular complexity index is 487. The standard InChI is InChI=1S/C15H21BrN2O2/c1-3-17-14(19)9-20-15-10(2)6-12(16)7-11(15)8-18-13-4-5-13/h6-7,13,18H,3-5,8-9H2,1-2H3,(H,17,19). The number of nitrogens with one attached hydrogen (secondary N) is 2. The first-order chi connectivity index (χ1) is 9.60. The van der Waals surface area contributed by atoms with Crippen molar-refractivity contribution in [3.8, 4) is 5.75 Å². The number of halogens is 1. The van der Waals surface area contributed by atoms with Crippen LogP contribution >= 0.6 is 15.9 Å². The number of carbonyl (C=O) groups is 1. The molecule has 1 fully saturated rings. The Morgan fingerprint density at radius 3 is 2.85 bits per heavy atom. The van der Waals surface area contributed by atoms with E-state index >= 15 is 0 Å². The predicted octanol–water partition coefficient (Wildman–Crippen LogP) is 2.52. The van der Waals surface area contributed by atoms with Gasteiger partial charge in [0.05, 0.1) is 0 Å². The van der Waals surface area contributed by atoms with E-state index in [0.717, 1.165) is 27.9 Å². The van der Waals surface area contributed by atoms with Gasteiger partial charge in [-0.25, -0.2) is 0 Å². The second-order valence-electron chi connectivity index (χ2n) is 5.11. The maximum atomic E-state index is 11.5. The summed E-state index contributed by atoms with van der Waals surface area (Å²) in [7, 11) is 0. The summed E-state index contributed by atoms with van der Waals surface area (Å²) in [5, 5.41) is 6.22. The van der Waals surface area contributed by atoms with Gasteiger partial charge in [-0.05, 0) is 44.4 Å². The van der Waals surface area contributed by atoms with Gasteiger partial charge < -0.3 is 15.4 Å². The predicted molar refractivity (Wildman–Crippen MR) is 82.9 cm³/mol. The lowest BCUT2D eigenvalue weighted by Gasteiger charge is -2.15. The van der Waals surface area contributed by atoms with Crippen LogP contribution in [-0.4, -0.2) is 25.1 Å². The number of likely N-dealkylation sites (N-methyl/N-ethyl adjacent to an activating group) is 1. The normalized spacial score (nSPS) is 14.2. The zero-order chi connectivity index (χ0) is 14.5. The van der Waals surface area contributed by atoms with Crippen molar-refractivity contribution in [3.05, 3.63) is 27.7 Å². The SMILES string of the molecule is CCNC(=O)COc1c(C)cc(Br)cc1CNC1CC1. The summed E-state index contributed by atoms with van der Waals surface area (Å²) in [5.41, 5.74) is 2.13. The van der Waals surface area contributed by atoms with E-state index in [9.17, 15) is 4.79 Å². The molecule has 1 aromatic rings. The van der Waals surface area contributed by atoms with Crippen molar-refractivity contribution < 1.29 is 9.53 Å². The largest absolute Gasteiger partial charge is 0.483 e. The Hall–Kier alpha value is -1.07. The number of hydrogen-bond acceptors (Lipinski definition) is 3. The third-order valence-corrected chi connectivity index (χ3v) is 3.65. The maximum Gasteiger partial charge on any atom is 0.257 e. The van der Waals surface area contributed by atoms with Crippen LogP contribution < -0.4 is 15.4 Å². The van der Waals surface area contributed by atoms with E-state index in [4.69, 9.17) is 4.74 Å². The van der Waals surface area contributed by atoms with Gasteiger partial charge in [0.1, 0.15) is 5.75 Å². The summed E-state index contributed by atoms with van der Waals surface area (Å²) in [6, 6.07) is 4.70. The molecule has 0 unspecified atom stereocenters. The Balaban J connectivity index is 2.05. The molecule has 20 heavy (non-hydrogen) atoms. The number of amides is 1. The van der Waals surface area contributed by atoms with Crippen molar-refractivity contribution in [1.82, 2.24) is 10.6 Å². The summed E-state index contributed by atoms with van der Waals surface area (Å²) in [6.07, 6.45) is 2.50. The van der Waals surface area contributed by atoms with Gasteiger partial charge in [-0.15, -0.1) is 0 Å². The van der Waals surface area contributed by atoms with Crippen molar-refractivity contribution in [2.45, 2.75) is 39.3 Å². The van der Waals surface area contributed by atoms with Gasteiger partial charge in [-0.2, -0.15) is 0 Å². The lowest BCUT2D eigenvalue weighted by atomic mass is 10.1. The molecule has 5 heteroatoms. The molecule has 0 heterocycles. The molecular formula is C15H21BrN2O2. The molecular weight excluding hydrogens is 320 g/mol. The van der Waals surface area contributed by atoms with Crippen LogP contribution in [0.25, 0.3) is 0 Å². The molecule has 4 nitrogen and oxygen atoms in total. The molecule has 0 aromatic heterocycles. The second kappa shape index (κ2) is 7.09.